The molecule has 0 spiro atoms. The van der Waals surface area contributed by atoms with E-state index in [0.717, 1.165) is 25.0 Å². The number of hydrogen-bond acceptors (Lipinski definition) is 4. The fraction of sp³-hybridized carbons (Fsp3) is 0.500. The van der Waals surface area contributed by atoms with Gasteiger partial charge < -0.3 is 10.6 Å². The smallest absolute Gasteiger partial charge is 0.341 e. The predicted octanol–water partition coefficient (Wildman–Crippen LogP) is 1.60. The Morgan fingerprint density at radius 1 is 1.22 bits per heavy atom. The number of carbonyl (C=O) groups is 1. The molecule has 0 bridgehead atoms. The minimum absolute atomic E-state index is 0. The number of piperidine rings is 1. The summed E-state index contributed by atoms with van der Waals surface area (Å²) in [5.41, 5.74) is 6.37. The maximum absolute atomic E-state index is 12.4. The van der Waals surface area contributed by atoms with Gasteiger partial charge >= 0.3 is 5.76 Å². The summed E-state index contributed by atoms with van der Waals surface area (Å²) in [4.78, 5) is 13.4. The summed E-state index contributed by atoms with van der Waals surface area (Å²) in [7, 11) is -4.59. The standard InChI is InChI=1S/C14H18F2N2O3S.ClH/c15-14(16)22(20,21)12-3-1-10(2-4-12)9-13(19)18-7-5-11(17)6-8-18;/h1-4,11,14H,5-9,17H2;1H. The zero-order valence-electron chi connectivity index (χ0n) is 12.3. The van der Waals surface area contributed by atoms with Crippen molar-refractivity contribution in [3.8, 4) is 0 Å². The molecule has 0 radical (unpaired) electrons. The molecule has 1 aliphatic rings. The van der Waals surface area contributed by atoms with E-state index in [2.05, 4.69) is 0 Å². The molecule has 5 nitrogen and oxygen atoms in total. The molecule has 0 aliphatic carbocycles. The van der Waals surface area contributed by atoms with E-state index in [0.29, 0.717) is 18.7 Å². The van der Waals surface area contributed by atoms with Gasteiger partial charge in [-0.2, -0.15) is 8.78 Å². The number of nitrogens with zero attached hydrogens (tertiary/aromatic N) is 1. The Bertz CT molecular complexity index is 630. The van der Waals surface area contributed by atoms with E-state index in [1.165, 1.54) is 12.1 Å². The monoisotopic (exact) mass is 368 g/mol. The number of rotatable bonds is 4. The van der Waals surface area contributed by atoms with Crippen LogP contribution in [0.15, 0.2) is 29.2 Å². The van der Waals surface area contributed by atoms with Gasteiger partial charge in [0.2, 0.25) is 15.7 Å². The molecule has 1 aromatic carbocycles. The highest BCUT2D eigenvalue weighted by Gasteiger charge is 2.26. The second-order valence-electron chi connectivity index (χ2n) is 5.34. The number of benzene rings is 1. The summed E-state index contributed by atoms with van der Waals surface area (Å²) >= 11 is 0. The molecule has 0 unspecified atom stereocenters. The molecule has 9 heteroatoms. The number of amides is 1. The second kappa shape index (κ2) is 8.03. The van der Waals surface area contributed by atoms with Gasteiger partial charge in [-0.25, -0.2) is 8.42 Å². The van der Waals surface area contributed by atoms with Crippen LogP contribution in [0.3, 0.4) is 0 Å². The molecule has 1 aromatic rings. The van der Waals surface area contributed by atoms with E-state index < -0.39 is 20.5 Å². The third kappa shape index (κ3) is 4.86. The maximum atomic E-state index is 12.4. The van der Waals surface area contributed by atoms with Gasteiger partial charge in [-0.15, -0.1) is 12.4 Å². The average molecular weight is 369 g/mol. The van der Waals surface area contributed by atoms with Crippen molar-refractivity contribution >= 4 is 28.2 Å². The van der Waals surface area contributed by atoms with Crippen LogP contribution >= 0.6 is 12.4 Å². The highest BCUT2D eigenvalue weighted by atomic mass is 35.5. The Morgan fingerprint density at radius 3 is 2.22 bits per heavy atom. The van der Waals surface area contributed by atoms with Crippen molar-refractivity contribution in [3.05, 3.63) is 29.8 Å². The Hall–Kier alpha value is -1.25. The Kier molecular flexibility index (Phi) is 6.91. The van der Waals surface area contributed by atoms with Crippen molar-refractivity contribution in [2.75, 3.05) is 13.1 Å². The van der Waals surface area contributed by atoms with Crippen LogP contribution in [0.5, 0.6) is 0 Å². The van der Waals surface area contributed by atoms with Crippen molar-refractivity contribution in [1.29, 1.82) is 0 Å². The van der Waals surface area contributed by atoms with E-state index in [1.807, 2.05) is 0 Å². The van der Waals surface area contributed by atoms with Crippen molar-refractivity contribution < 1.29 is 22.0 Å². The summed E-state index contributed by atoms with van der Waals surface area (Å²) in [6.07, 6.45) is 1.64. The van der Waals surface area contributed by atoms with Crippen molar-refractivity contribution in [2.24, 2.45) is 5.73 Å². The fourth-order valence-corrected chi connectivity index (χ4v) is 3.06. The molecule has 0 atom stereocenters. The van der Waals surface area contributed by atoms with Crippen LogP contribution in [0, 0.1) is 0 Å². The van der Waals surface area contributed by atoms with Crippen molar-refractivity contribution in [1.82, 2.24) is 4.90 Å². The Labute approximate surface area is 140 Å². The molecule has 2 rings (SSSR count). The van der Waals surface area contributed by atoms with Crippen LogP contribution in [0.4, 0.5) is 8.78 Å². The normalized spacial score (nSPS) is 16.3. The minimum Gasteiger partial charge on any atom is -0.342 e. The first kappa shape index (κ1) is 19.8. The van der Waals surface area contributed by atoms with Crippen molar-refractivity contribution in [2.45, 2.75) is 36.0 Å². The molecule has 1 saturated heterocycles. The molecule has 0 aromatic heterocycles. The summed E-state index contributed by atoms with van der Waals surface area (Å²) in [6.45, 7) is 1.22. The number of alkyl halides is 2. The lowest BCUT2D eigenvalue weighted by atomic mass is 10.0. The van der Waals surface area contributed by atoms with Crippen molar-refractivity contribution in [3.63, 3.8) is 0 Å². The van der Waals surface area contributed by atoms with Gasteiger partial charge in [-0.05, 0) is 30.5 Å². The van der Waals surface area contributed by atoms with Crippen LogP contribution in [0.1, 0.15) is 18.4 Å². The largest absolute Gasteiger partial charge is 0.342 e. The van der Waals surface area contributed by atoms with Gasteiger partial charge in [-0.1, -0.05) is 12.1 Å². The highest BCUT2D eigenvalue weighted by Crippen LogP contribution is 2.19. The van der Waals surface area contributed by atoms with E-state index in [-0.39, 0.29) is 30.8 Å². The van der Waals surface area contributed by atoms with Crippen LogP contribution in [0.2, 0.25) is 0 Å². The molecule has 1 fully saturated rings. The van der Waals surface area contributed by atoms with Gasteiger partial charge in [0.25, 0.3) is 0 Å². The summed E-state index contributed by atoms with van der Waals surface area (Å²) in [5, 5.41) is 0. The van der Waals surface area contributed by atoms with Crippen LogP contribution in [-0.2, 0) is 21.1 Å². The molecule has 130 valence electrons. The first-order valence-corrected chi connectivity index (χ1v) is 8.49. The number of likely N-dealkylation sites (tertiary alicyclic amines) is 1. The lowest BCUT2D eigenvalue weighted by Crippen LogP contribution is -2.43. The molecule has 0 saturated carbocycles. The van der Waals surface area contributed by atoms with Crippen LogP contribution < -0.4 is 5.73 Å². The Morgan fingerprint density at radius 2 is 1.74 bits per heavy atom. The fourth-order valence-electron chi connectivity index (χ4n) is 2.34. The van der Waals surface area contributed by atoms with E-state index >= 15 is 0 Å². The van der Waals surface area contributed by atoms with E-state index in [9.17, 15) is 22.0 Å². The number of hydrogen-bond donors (Lipinski definition) is 1. The van der Waals surface area contributed by atoms with Gasteiger partial charge in [-0.3, -0.25) is 4.79 Å². The zero-order valence-corrected chi connectivity index (χ0v) is 14.0. The van der Waals surface area contributed by atoms with Gasteiger partial charge in [0.05, 0.1) is 11.3 Å². The predicted molar refractivity (Wildman–Crippen MR) is 84.4 cm³/mol. The first-order valence-electron chi connectivity index (χ1n) is 6.95. The first-order chi connectivity index (χ1) is 10.3. The van der Waals surface area contributed by atoms with Gasteiger partial charge in [0.15, 0.2) is 0 Å². The molecule has 23 heavy (non-hydrogen) atoms. The second-order valence-corrected chi connectivity index (χ2v) is 7.26. The molecule has 2 N–H and O–H groups in total. The van der Waals surface area contributed by atoms with Gasteiger partial charge in [0.1, 0.15) is 0 Å². The molecule has 1 heterocycles. The molecule has 1 aliphatic heterocycles. The third-order valence-corrected chi connectivity index (χ3v) is 5.13. The lowest BCUT2D eigenvalue weighted by Gasteiger charge is -2.30. The molecule has 1 amide bonds. The highest BCUT2D eigenvalue weighted by molar-refractivity contribution is 7.91. The van der Waals surface area contributed by atoms with Gasteiger partial charge in [0, 0.05) is 19.1 Å². The quantitative estimate of drug-likeness (QED) is 0.875. The topological polar surface area (TPSA) is 80.5 Å². The number of nitrogens with two attached hydrogens (primary N) is 1. The van der Waals surface area contributed by atoms with E-state index in [4.69, 9.17) is 5.73 Å². The number of halogens is 3. The lowest BCUT2D eigenvalue weighted by molar-refractivity contribution is -0.131. The maximum Gasteiger partial charge on any atom is 0.341 e. The SMILES string of the molecule is Cl.NC1CCN(C(=O)Cc2ccc(S(=O)(=O)C(F)F)cc2)CC1. The minimum atomic E-state index is -4.59. The van der Waals surface area contributed by atoms with Crippen LogP contribution in [0.25, 0.3) is 0 Å². The summed E-state index contributed by atoms with van der Waals surface area (Å²) in [5.74, 6) is -3.52. The number of carbonyl (C=O) groups excluding carboxylic acids is 1. The van der Waals surface area contributed by atoms with Crippen LogP contribution in [-0.4, -0.2) is 44.1 Å². The van der Waals surface area contributed by atoms with E-state index in [1.54, 1.807) is 4.90 Å². The number of sulfone groups is 1. The molecular weight excluding hydrogens is 350 g/mol. The zero-order chi connectivity index (χ0) is 16.3. The Balaban J connectivity index is 0.00000264. The molecular formula is C14H19ClF2N2O3S. The third-order valence-electron chi connectivity index (χ3n) is 3.73. The summed E-state index contributed by atoms with van der Waals surface area (Å²) in [6, 6.07) is 5.13. The average Bonchev–Trinajstić information content (AvgIpc) is 2.48. The summed E-state index contributed by atoms with van der Waals surface area (Å²) < 4.78 is 47.5.